The van der Waals surface area contributed by atoms with Gasteiger partial charge in [-0.25, -0.2) is 0 Å². The minimum Gasteiger partial charge on any atom is -0.481 e. The van der Waals surface area contributed by atoms with Crippen molar-refractivity contribution < 1.29 is 4.74 Å². The monoisotopic (exact) mass is 142 g/mol. The Labute approximate surface area is 56.2 Å². The first-order valence-electron chi connectivity index (χ1n) is 3.06. The predicted octanol–water partition coefficient (Wildman–Crippen LogP) is -0.0371. The molecule has 4 heteroatoms. The molecular formula is C5H10N2OSi. The Hall–Kier alpha value is -0.773. The minimum absolute atomic E-state index is 0.0156. The van der Waals surface area contributed by atoms with Crippen LogP contribution in [0, 0.1) is 0 Å². The highest BCUT2D eigenvalue weighted by molar-refractivity contribution is 6.33. The Morgan fingerprint density at radius 3 is 3.33 bits per heavy atom. The molecule has 0 aliphatic rings. The van der Waals surface area contributed by atoms with Crippen LogP contribution in [0.25, 0.3) is 0 Å². The van der Waals surface area contributed by atoms with E-state index in [0.717, 1.165) is 6.23 Å². The van der Waals surface area contributed by atoms with E-state index in [0.29, 0.717) is 5.88 Å². The number of aromatic nitrogens is 2. The van der Waals surface area contributed by atoms with Crippen LogP contribution < -0.4 is 4.74 Å². The van der Waals surface area contributed by atoms with Gasteiger partial charge in [0.1, 0.15) is 0 Å². The van der Waals surface area contributed by atoms with Crippen LogP contribution in [0.2, 0.25) is 6.55 Å². The van der Waals surface area contributed by atoms with Crippen molar-refractivity contribution >= 4 is 9.52 Å². The zero-order valence-electron chi connectivity index (χ0n) is 5.42. The lowest BCUT2D eigenvalue weighted by atomic mass is 10.7. The normalized spacial score (nSPS) is 10.8. The van der Waals surface area contributed by atoms with E-state index in [2.05, 4.69) is 16.7 Å². The maximum absolute atomic E-state index is 5.21. The lowest BCUT2D eigenvalue weighted by molar-refractivity contribution is 0.368. The molecule has 0 spiro atoms. The molecule has 1 rings (SSSR count). The largest absolute Gasteiger partial charge is 0.481 e. The summed E-state index contributed by atoms with van der Waals surface area (Å²) in [4.78, 5) is 0. The van der Waals surface area contributed by atoms with Crippen LogP contribution in [-0.2, 0) is 0 Å². The molecule has 0 aliphatic carbocycles. The Morgan fingerprint density at radius 1 is 1.89 bits per heavy atom. The molecule has 0 radical (unpaired) electrons. The molecule has 1 heterocycles. The smallest absolute Gasteiger partial charge is 0.232 e. The molecule has 0 aliphatic heterocycles. The van der Waals surface area contributed by atoms with Crippen molar-refractivity contribution in [3.8, 4) is 5.88 Å². The summed E-state index contributed by atoms with van der Waals surface area (Å²) < 4.78 is 5.21. The molecule has 0 bridgehead atoms. The molecule has 0 atom stereocenters. The maximum Gasteiger partial charge on any atom is 0.232 e. The number of nitrogens with one attached hydrogen (secondary N) is 1. The molecule has 0 unspecified atom stereocenters. The lowest BCUT2D eigenvalue weighted by Crippen LogP contribution is -2.02. The third-order valence-electron chi connectivity index (χ3n) is 0.929. The van der Waals surface area contributed by atoms with Gasteiger partial charge in [-0.05, 0) is 0 Å². The summed E-state index contributed by atoms with van der Waals surface area (Å²) in [7, 11) is 0.0156. The van der Waals surface area contributed by atoms with E-state index >= 15 is 0 Å². The van der Waals surface area contributed by atoms with Gasteiger partial charge in [-0.3, -0.25) is 5.10 Å². The van der Waals surface area contributed by atoms with Crippen LogP contribution in [0.5, 0.6) is 5.88 Å². The average Bonchev–Trinajstić information content (AvgIpc) is 2.34. The van der Waals surface area contributed by atoms with E-state index in [9.17, 15) is 0 Å². The number of ether oxygens (including phenoxy) is 1. The zero-order chi connectivity index (χ0) is 6.53. The molecule has 0 amide bonds. The number of nitrogens with zero attached hydrogens (tertiary/aromatic N) is 1. The van der Waals surface area contributed by atoms with Crippen molar-refractivity contribution in [2.24, 2.45) is 0 Å². The second-order valence-corrected chi connectivity index (χ2v) is 3.17. The fraction of sp³-hybridized carbons (Fsp3) is 0.400. The highest BCUT2D eigenvalue weighted by atomic mass is 28.2. The van der Waals surface area contributed by atoms with Crippen LogP contribution in [-0.4, -0.2) is 25.9 Å². The van der Waals surface area contributed by atoms with Crippen molar-refractivity contribution in [2.45, 2.75) is 6.55 Å². The summed E-state index contributed by atoms with van der Waals surface area (Å²) in [6, 6.07) is 1.82. The number of rotatable bonds is 3. The van der Waals surface area contributed by atoms with E-state index in [1.807, 2.05) is 6.07 Å². The molecule has 0 aromatic carbocycles. The molecule has 1 N–H and O–H groups in total. The maximum atomic E-state index is 5.21. The molecule has 50 valence electrons. The van der Waals surface area contributed by atoms with Gasteiger partial charge in [-0.2, -0.15) is 0 Å². The highest BCUT2D eigenvalue weighted by Gasteiger charge is 1.90. The van der Waals surface area contributed by atoms with Gasteiger partial charge in [0.25, 0.3) is 0 Å². The van der Waals surface area contributed by atoms with Crippen molar-refractivity contribution in [1.29, 1.82) is 0 Å². The van der Waals surface area contributed by atoms with Gasteiger partial charge in [0.05, 0.1) is 15.7 Å². The number of hydrogen-bond acceptors (Lipinski definition) is 2. The first-order chi connectivity index (χ1) is 4.43. The minimum atomic E-state index is 0.0156. The average molecular weight is 142 g/mol. The van der Waals surface area contributed by atoms with E-state index in [-0.39, 0.29) is 9.52 Å². The molecule has 0 fully saturated rings. The fourth-order valence-corrected chi connectivity index (χ4v) is 0.947. The van der Waals surface area contributed by atoms with Gasteiger partial charge in [0.2, 0.25) is 5.88 Å². The van der Waals surface area contributed by atoms with Gasteiger partial charge in [-0.1, -0.05) is 6.55 Å². The summed E-state index contributed by atoms with van der Waals surface area (Å²) in [6.07, 6.45) is 2.64. The molecule has 1 aromatic rings. The van der Waals surface area contributed by atoms with Crippen molar-refractivity contribution in [1.82, 2.24) is 10.2 Å². The molecular weight excluding hydrogens is 132 g/mol. The van der Waals surface area contributed by atoms with E-state index in [1.54, 1.807) is 6.20 Å². The molecule has 1 aromatic heterocycles. The van der Waals surface area contributed by atoms with Crippen LogP contribution in [0.1, 0.15) is 0 Å². The molecule has 0 saturated heterocycles. The molecule has 0 saturated carbocycles. The Bertz CT molecular complexity index is 152. The standard InChI is InChI=1S/C5H10N2OSi/c1-9-4-8-5-2-3-6-7-5/h2-3H,4,9H2,1H3,(H,6,7). The summed E-state index contributed by atoms with van der Waals surface area (Å²) in [6.45, 7) is 2.20. The van der Waals surface area contributed by atoms with Gasteiger partial charge in [-0.15, -0.1) is 5.10 Å². The third-order valence-corrected chi connectivity index (χ3v) is 1.54. The van der Waals surface area contributed by atoms with E-state index < -0.39 is 0 Å². The predicted molar refractivity (Wildman–Crippen MR) is 38.5 cm³/mol. The molecule has 3 nitrogen and oxygen atoms in total. The van der Waals surface area contributed by atoms with E-state index in [1.165, 1.54) is 0 Å². The quantitative estimate of drug-likeness (QED) is 0.601. The summed E-state index contributed by atoms with van der Waals surface area (Å²) in [5, 5.41) is 6.51. The van der Waals surface area contributed by atoms with Crippen LogP contribution in [0.15, 0.2) is 12.3 Å². The van der Waals surface area contributed by atoms with Gasteiger partial charge in [0.15, 0.2) is 0 Å². The van der Waals surface area contributed by atoms with Gasteiger partial charge >= 0.3 is 0 Å². The number of H-pyrrole nitrogens is 1. The summed E-state index contributed by atoms with van der Waals surface area (Å²) >= 11 is 0. The second kappa shape index (κ2) is 3.29. The summed E-state index contributed by atoms with van der Waals surface area (Å²) in [5.41, 5.74) is 0. The first kappa shape index (κ1) is 6.35. The van der Waals surface area contributed by atoms with Gasteiger partial charge in [0, 0.05) is 12.3 Å². The SMILES string of the molecule is C[SiH2]COc1cc[nH]n1. The van der Waals surface area contributed by atoms with Gasteiger partial charge < -0.3 is 4.74 Å². The Balaban J connectivity index is 2.30. The van der Waals surface area contributed by atoms with Crippen LogP contribution in [0.3, 0.4) is 0 Å². The van der Waals surface area contributed by atoms with Crippen molar-refractivity contribution in [2.75, 3.05) is 6.23 Å². The second-order valence-electron chi connectivity index (χ2n) is 1.76. The van der Waals surface area contributed by atoms with Crippen molar-refractivity contribution in [3.63, 3.8) is 0 Å². The number of hydrogen-bond donors (Lipinski definition) is 1. The van der Waals surface area contributed by atoms with Crippen LogP contribution >= 0.6 is 0 Å². The van der Waals surface area contributed by atoms with Crippen LogP contribution in [0.4, 0.5) is 0 Å². The topological polar surface area (TPSA) is 37.9 Å². The third kappa shape index (κ3) is 1.89. The van der Waals surface area contributed by atoms with E-state index in [4.69, 9.17) is 4.74 Å². The molecule has 9 heavy (non-hydrogen) atoms. The highest BCUT2D eigenvalue weighted by Crippen LogP contribution is 2.00. The first-order valence-corrected chi connectivity index (χ1v) is 5.47. The van der Waals surface area contributed by atoms with Crippen molar-refractivity contribution in [3.05, 3.63) is 12.3 Å². The zero-order valence-corrected chi connectivity index (χ0v) is 6.84. The lowest BCUT2D eigenvalue weighted by Gasteiger charge is -1.95. The summed E-state index contributed by atoms with van der Waals surface area (Å²) in [5.74, 6) is 0.712. The Kier molecular flexibility index (Phi) is 2.32. The number of aromatic amines is 1. The fourth-order valence-electron chi connectivity index (χ4n) is 0.534. The Morgan fingerprint density at radius 2 is 2.78 bits per heavy atom.